The zero-order valence-corrected chi connectivity index (χ0v) is 8.48. The normalized spacial score (nSPS) is 15.1. The lowest BCUT2D eigenvalue weighted by atomic mass is 9.92. The second-order valence-electron chi connectivity index (χ2n) is 3.25. The molecule has 66 valence electrons. The first-order valence-corrected chi connectivity index (χ1v) is 4.92. The van der Waals surface area contributed by atoms with Crippen molar-refractivity contribution in [3.05, 3.63) is 11.6 Å². The highest BCUT2D eigenvalue weighted by atomic mass is 14.1. The van der Waals surface area contributed by atoms with Crippen LogP contribution in [0.4, 0.5) is 0 Å². The highest BCUT2D eigenvalue weighted by molar-refractivity contribution is 5.02. The van der Waals surface area contributed by atoms with E-state index in [4.69, 9.17) is 0 Å². The molecule has 0 amide bonds. The quantitative estimate of drug-likeness (QED) is 0.521. The molecular formula is C11H22. The molecule has 0 saturated heterocycles. The third-order valence-corrected chi connectivity index (χ3v) is 2.30. The Kier molecular flexibility index (Phi) is 6.30. The van der Waals surface area contributed by atoms with Crippen LogP contribution in [-0.4, -0.2) is 0 Å². The van der Waals surface area contributed by atoms with Crippen molar-refractivity contribution in [2.75, 3.05) is 0 Å². The van der Waals surface area contributed by atoms with Crippen LogP contribution in [0.5, 0.6) is 0 Å². The molecule has 0 aromatic rings. The van der Waals surface area contributed by atoms with Crippen LogP contribution in [0.1, 0.15) is 53.4 Å². The van der Waals surface area contributed by atoms with Crippen molar-refractivity contribution in [2.24, 2.45) is 5.92 Å². The number of hydrogen-bond donors (Lipinski definition) is 0. The maximum Gasteiger partial charge on any atom is -0.0209 e. The molecule has 0 fully saturated rings. The zero-order valence-electron chi connectivity index (χ0n) is 8.48. The van der Waals surface area contributed by atoms with Crippen LogP contribution in [0, 0.1) is 5.92 Å². The fourth-order valence-corrected chi connectivity index (χ4v) is 1.59. The molecule has 1 unspecified atom stereocenters. The van der Waals surface area contributed by atoms with Gasteiger partial charge in [0.15, 0.2) is 0 Å². The SMILES string of the molecule is CCC=C(C)C(CC)CCC. The molecule has 0 aromatic heterocycles. The Morgan fingerprint density at radius 1 is 1.27 bits per heavy atom. The molecule has 0 aliphatic rings. The second kappa shape index (κ2) is 6.45. The fourth-order valence-electron chi connectivity index (χ4n) is 1.59. The standard InChI is InChI=1S/C11H22/c1-5-8-10(4)11(7-3)9-6-2/h8,11H,5-7,9H2,1-4H3. The first-order chi connectivity index (χ1) is 5.26. The van der Waals surface area contributed by atoms with Gasteiger partial charge in [-0.1, -0.05) is 38.8 Å². The molecule has 0 heterocycles. The molecule has 0 saturated carbocycles. The summed E-state index contributed by atoms with van der Waals surface area (Å²) in [7, 11) is 0. The monoisotopic (exact) mass is 154 g/mol. The van der Waals surface area contributed by atoms with Crippen molar-refractivity contribution in [2.45, 2.75) is 53.4 Å². The van der Waals surface area contributed by atoms with Gasteiger partial charge in [0.1, 0.15) is 0 Å². The summed E-state index contributed by atoms with van der Waals surface area (Å²) in [4.78, 5) is 0. The van der Waals surface area contributed by atoms with E-state index in [1.807, 2.05) is 0 Å². The van der Waals surface area contributed by atoms with E-state index in [0.717, 1.165) is 5.92 Å². The van der Waals surface area contributed by atoms with E-state index >= 15 is 0 Å². The summed E-state index contributed by atoms with van der Waals surface area (Å²) < 4.78 is 0. The number of rotatable bonds is 5. The first kappa shape index (κ1) is 10.7. The molecule has 0 aromatic carbocycles. The van der Waals surface area contributed by atoms with E-state index in [9.17, 15) is 0 Å². The maximum absolute atomic E-state index is 2.36. The molecule has 1 atom stereocenters. The van der Waals surface area contributed by atoms with E-state index in [1.165, 1.54) is 25.7 Å². The van der Waals surface area contributed by atoms with Crippen LogP contribution in [0.3, 0.4) is 0 Å². The topological polar surface area (TPSA) is 0 Å². The average molecular weight is 154 g/mol. The van der Waals surface area contributed by atoms with Crippen molar-refractivity contribution >= 4 is 0 Å². The van der Waals surface area contributed by atoms with Crippen molar-refractivity contribution in [1.29, 1.82) is 0 Å². The van der Waals surface area contributed by atoms with E-state index in [1.54, 1.807) is 5.57 Å². The van der Waals surface area contributed by atoms with Crippen LogP contribution < -0.4 is 0 Å². The van der Waals surface area contributed by atoms with Crippen LogP contribution in [0.2, 0.25) is 0 Å². The van der Waals surface area contributed by atoms with Gasteiger partial charge in [-0.15, -0.1) is 0 Å². The Hall–Kier alpha value is -0.260. The van der Waals surface area contributed by atoms with Crippen LogP contribution >= 0.6 is 0 Å². The highest BCUT2D eigenvalue weighted by Gasteiger charge is 2.05. The molecule has 0 radical (unpaired) electrons. The van der Waals surface area contributed by atoms with Crippen molar-refractivity contribution in [1.82, 2.24) is 0 Å². The van der Waals surface area contributed by atoms with Crippen molar-refractivity contribution < 1.29 is 0 Å². The summed E-state index contributed by atoms with van der Waals surface area (Å²) in [6, 6.07) is 0. The predicted octanol–water partition coefficient (Wildman–Crippen LogP) is 4.17. The Balaban J connectivity index is 3.90. The Morgan fingerprint density at radius 2 is 1.91 bits per heavy atom. The molecule has 0 spiro atoms. The summed E-state index contributed by atoms with van der Waals surface area (Å²) in [5, 5.41) is 0. The molecule has 0 N–H and O–H groups in total. The lowest BCUT2D eigenvalue weighted by molar-refractivity contribution is 0.532. The summed E-state index contributed by atoms with van der Waals surface area (Å²) in [5.41, 5.74) is 1.59. The third-order valence-electron chi connectivity index (χ3n) is 2.30. The van der Waals surface area contributed by atoms with Crippen LogP contribution in [0.15, 0.2) is 11.6 Å². The number of hydrogen-bond acceptors (Lipinski definition) is 0. The molecule has 0 heteroatoms. The minimum absolute atomic E-state index is 0.847. The minimum Gasteiger partial charge on any atom is -0.0856 e. The van der Waals surface area contributed by atoms with Gasteiger partial charge in [-0.3, -0.25) is 0 Å². The fraction of sp³-hybridized carbons (Fsp3) is 0.818. The molecule has 11 heavy (non-hydrogen) atoms. The van der Waals surface area contributed by atoms with Crippen LogP contribution in [0.25, 0.3) is 0 Å². The Labute approximate surface area is 71.7 Å². The zero-order chi connectivity index (χ0) is 8.69. The molecule has 0 aliphatic carbocycles. The van der Waals surface area contributed by atoms with Gasteiger partial charge in [0.25, 0.3) is 0 Å². The third kappa shape index (κ3) is 4.23. The van der Waals surface area contributed by atoms with Crippen LogP contribution in [-0.2, 0) is 0 Å². The van der Waals surface area contributed by atoms with Gasteiger partial charge < -0.3 is 0 Å². The van der Waals surface area contributed by atoms with Crippen molar-refractivity contribution in [3.63, 3.8) is 0 Å². The van der Waals surface area contributed by atoms with E-state index in [0.29, 0.717) is 0 Å². The van der Waals surface area contributed by atoms with Gasteiger partial charge >= 0.3 is 0 Å². The average Bonchev–Trinajstić information content (AvgIpc) is 2.00. The second-order valence-corrected chi connectivity index (χ2v) is 3.25. The van der Waals surface area contributed by atoms with Gasteiger partial charge in [-0.25, -0.2) is 0 Å². The molecular weight excluding hydrogens is 132 g/mol. The Bertz CT molecular complexity index is 111. The summed E-state index contributed by atoms with van der Waals surface area (Å²) in [6.45, 7) is 9.03. The molecule has 0 nitrogen and oxygen atoms in total. The Morgan fingerprint density at radius 3 is 2.27 bits per heavy atom. The van der Waals surface area contributed by atoms with E-state index in [2.05, 4.69) is 33.8 Å². The smallest absolute Gasteiger partial charge is 0.0209 e. The van der Waals surface area contributed by atoms with Gasteiger partial charge in [-0.2, -0.15) is 0 Å². The first-order valence-electron chi connectivity index (χ1n) is 4.92. The molecule has 0 aliphatic heterocycles. The molecule has 0 rings (SSSR count). The van der Waals surface area contributed by atoms with E-state index < -0.39 is 0 Å². The summed E-state index contributed by atoms with van der Waals surface area (Å²) in [5.74, 6) is 0.847. The lowest BCUT2D eigenvalue weighted by Gasteiger charge is -2.14. The summed E-state index contributed by atoms with van der Waals surface area (Å²) in [6.07, 6.45) is 7.53. The van der Waals surface area contributed by atoms with E-state index in [-0.39, 0.29) is 0 Å². The number of allylic oxidation sites excluding steroid dienone is 2. The molecule has 0 bridgehead atoms. The largest absolute Gasteiger partial charge is 0.0856 e. The lowest BCUT2D eigenvalue weighted by Crippen LogP contribution is -1.99. The highest BCUT2D eigenvalue weighted by Crippen LogP contribution is 2.20. The maximum atomic E-state index is 2.36. The van der Waals surface area contributed by atoms with Gasteiger partial charge in [-0.05, 0) is 32.1 Å². The van der Waals surface area contributed by atoms with Gasteiger partial charge in [0.2, 0.25) is 0 Å². The van der Waals surface area contributed by atoms with Gasteiger partial charge in [0.05, 0.1) is 0 Å². The van der Waals surface area contributed by atoms with Gasteiger partial charge in [0, 0.05) is 0 Å². The summed E-state index contributed by atoms with van der Waals surface area (Å²) >= 11 is 0. The predicted molar refractivity (Wildman–Crippen MR) is 52.7 cm³/mol. The minimum atomic E-state index is 0.847. The van der Waals surface area contributed by atoms with Crippen molar-refractivity contribution in [3.8, 4) is 0 Å².